The second kappa shape index (κ2) is 4.82. The van der Waals surface area contributed by atoms with Crippen molar-refractivity contribution in [3.8, 4) is 6.07 Å². The van der Waals surface area contributed by atoms with Crippen LogP contribution in [-0.2, 0) is 4.79 Å². The van der Waals surface area contributed by atoms with Crippen LogP contribution in [0, 0.1) is 11.3 Å². The van der Waals surface area contributed by atoms with E-state index in [9.17, 15) is 4.79 Å². The van der Waals surface area contributed by atoms with Crippen molar-refractivity contribution in [2.45, 2.75) is 37.6 Å². The molecule has 1 rings (SSSR count). The number of nitrogens with zero attached hydrogens (tertiary/aromatic N) is 3. The molecule has 0 bridgehead atoms. The monoisotopic (exact) mass is 194 g/mol. The van der Waals surface area contributed by atoms with E-state index in [0.29, 0.717) is 12.8 Å². The minimum atomic E-state index is -0.822. The normalized spacial score (nSPS) is 20.6. The molecule has 5 heteroatoms. The van der Waals surface area contributed by atoms with Crippen LogP contribution in [0.1, 0.15) is 32.1 Å². The maximum absolute atomic E-state index is 11.5. The van der Waals surface area contributed by atoms with Crippen molar-refractivity contribution < 1.29 is 4.79 Å². The zero-order chi connectivity index (χ0) is 10.4. The fourth-order valence-electron chi connectivity index (χ4n) is 1.63. The summed E-state index contributed by atoms with van der Waals surface area (Å²) in [5, 5.41) is 15.1. The molecule has 0 heterocycles. The first-order chi connectivity index (χ1) is 6.69. The van der Waals surface area contributed by atoms with E-state index < -0.39 is 5.54 Å². The summed E-state index contributed by atoms with van der Waals surface area (Å²) in [6.07, 6.45) is 4.42. The third-order valence-electron chi connectivity index (χ3n) is 2.47. The van der Waals surface area contributed by atoms with Crippen LogP contribution in [0.4, 0.5) is 0 Å². The fourth-order valence-corrected chi connectivity index (χ4v) is 1.63. The average Bonchev–Trinajstić information content (AvgIpc) is 2.19. The molecule has 1 amide bonds. The first-order valence-corrected chi connectivity index (χ1v) is 4.77. The molecule has 0 aromatic rings. The molecule has 0 spiro atoms. The molecule has 0 aromatic carbocycles. The minimum absolute atomic E-state index is 0.0815. The summed E-state index contributed by atoms with van der Waals surface area (Å²) in [5.74, 6) is -0.382. The SMILES string of the molecule is N#CCN=NC(=O)C1(N)CCCCC1. The number of nitriles is 1. The molecule has 0 aromatic heterocycles. The number of hydrogen-bond donors (Lipinski definition) is 1. The van der Waals surface area contributed by atoms with Gasteiger partial charge in [-0.2, -0.15) is 10.4 Å². The van der Waals surface area contributed by atoms with Crippen molar-refractivity contribution >= 4 is 5.91 Å². The van der Waals surface area contributed by atoms with Crippen LogP contribution in [0.2, 0.25) is 0 Å². The zero-order valence-electron chi connectivity index (χ0n) is 8.07. The Balaban J connectivity index is 2.54. The van der Waals surface area contributed by atoms with Gasteiger partial charge in [0.15, 0.2) is 0 Å². The Labute approximate surface area is 83.0 Å². The van der Waals surface area contributed by atoms with E-state index in [4.69, 9.17) is 11.0 Å². The summed E-state index contributed by atoms with van der Waals surface area (Å²) in [6.45, 7) is -0.0815. The molecular weight excluding hydrogens is 180 g/mol. The summed E-state index contributed by atoms with van der Waals surface area (Å²) in [6, 6.07) is 1.79. The van der Waals surface area contributed by atoms with Crippen LogP contribution in [-0.4, -0.2) is 18.0 Å². The van der Waals surface area contributed by atoms with Crippen LogP contribution in [0.5, 0.6) is 0 Å². The van der Waals surface area contributed by atoms with Crippen molar-refractivity contribution in [1.29, 1.82) is 5.26 Å². The Bertz CT molecular complexity index is 273. The van der Waals surface area contributed by atoms with Gasteiger partial charge in [-0.15, -0.1) is 5.11 Å². The molecule has 2 N–H and O–H groups in total. The lowest BCUT2D eigenvalue weighted by atomic mass is 9.82. The summed E-state index contributed by atoms with van der Waals surface area (Å²) >= 11 is 0. The van der Waals surface area contributed by atoms with E-state index in [0.717, 1.165) is 19.3 Å². The van der Waals surface area contributed by atoms with Gasteiger partial charge in [-0.25, -0.2) is 0 Å². The summed E-state index contributed by atoms with van der Waals surface area (Å²) in [7, 11) is 0. The van der Waals surface area contributed by atoms with Gasteiger partial charge in [0, 0.05) is 0 Å². The zero-order valence-corrected chi connectivity index (χ0v) is 8.07. The molecule has 1 saturated carbocycles. The van der Waals surface area contributed by atoms with Crippen LogP contribution >= 0.6 is 0 Å². The Morgan fingerprint density at radius 1 is 1.43 bits per heavy atom. The standard InChI is InChI=1S/C9H14N4O/c10-6-7-12-13-8(14)9(11)4-2-1-3-5-9/h1-5,7,11H2. The van der Waals surface area contributed by atoms with Crippen LogP contribution in [0.25, 0.3) is 0 Å². The van der Waals surface area contributed by atoms with Crippen LogP contribution < -0.4 is 5.73 Å². The second-order valence-electron chi connectivity index (χ2n) is 3.58. The number of azo groups is 1. The third kappa shape index (κ3) is 2.60. The predicted octanol–water partition coefficient (Wildman–Crippen LogP) is 1.15. The van der Waals surface area contributed by atoms with Gasteiger partial charge < -0.3 is 5.73 Å². The topological polar surface area (TPSA) is 91.6 Å². The molecular formula is C9H14N4O. The predicted molar refractivity (Wildman–Crippen MR) is 50.3 cm³/mol. The highest BCUT2D eigenvalue weighted by atomic mass is 16.2. The number of hydrogen-bond acceptors (Lipinski definition) is 4. The smallest absolute Gasteiger partial charge is 0.283 e. The highest BCUT2D eigenvalue weighted by molar-refractivity contribution is 5.86. The highest BCUT2D eigenvalue weighted by Gasteiger charge is 2.35. The number of carbonyl (C=O) groups is 1. The molecule has 0 atom stereocenters. The minimum Gasteiger partial charge on any atom is -0.317 e. The van der Waals surface area contributed by atoms with Gasteiger partial charge in [0.2, 0.25) is 0 Å². The Kier molecular flexibility index (Phi) is 3.72. The van der Waals surface area contributed by atoms with E-state index in [1.54, 1.807) is 6.07 Å². The fraction of sp³-hybridized carbons (Fsp3) is 0.778. The van der Waals surface area contributed by atoms with Crippen LogP contribution in [0.3, 0.4) is 0 Å². The Morgan fingerprint density at radius 2 is 2.07 bits per heavy atom. The molecule has 0 saturated heterocycles. The molecule has 0 aliphatic heterocycles. The van der Waals surface area contributed by atoms with Crippen molar-refractivity contribution in [1.82, 2.24) is 0 Å². The number of rotatable bonds is 2. The lowest BCUT2D eigenvalue weighted by molar-refractivity contribution is -0.124. The van der Waals surface area contributed by atoms with Crippen molar-refractivity contribution in [3.63, 3.8) is 0 Å². The van der Waals surface area contributed by atoms with Gasteiger partial charge in [0.05, 0.1) is 11.6 Å². The van der Waals surface area contributed by atoms with Crippen LogP contribution in [0.15, 0.2) is 10.2 Å². The first-order valence-electron chi connectivity index (χ1n) is 4.77. The first kappa shape index (κ1) is 10.8. The van der Waals surface area contributed by atoms with Crippen molar-refractivity contribution in [2.75, 3.05) is 6.54 Å². The van der Waals surface area contributed by atoms with Gasteiger partial charge in [-0.05, 0) is 12.8 Å². The lowest BCUT2D eigenvalue weighted by Crippen LogP contribution is -2.48. The summed E-state index contributed by atoms with van der Waals surface area (Å²) in [4.78, 5) is 11.5. The van der Waals surface area contributed by atoms with Gasteiger partial charge in [-0.3, -0.25) is 4.79 Å². The molecule has 0 radical (unpaired) electrons. The lowest BCUT2D eigenvalue weighted by Gasteiger charge is -2.29. The molecule has 14 heavy (non-hydrogen) atoms. The van der Waals surface area contributed by atoms with Crippen molar-refractivity contribution in [2.24, 2.45) is 16.0 Å². The van der Waals surface area contributed by atoms with E-state index in [1.807, 2.05) is 0 Å². The van der Waals surface area contributed by atoms with E-state index in [1.165, 1.54) is 0 Å². The highest BCUT2D eigenvalue weighted by Crippen LogP contribution is 2.26. The van der Waals surface area contributed by atoms with Gasteiger partial charge in [0.25, 0.3) is 5.91 Å². The Morgan fingerprint density at radius 3 is 2.64 bits per heavy atom. The van der Waals surface area contributed by atoms with E-state index >= 15 is 0 Å². The third-order valence-corrected chi connectivity index (χ3v) is 2.47. The molecule has 1 aliphatic carbocycles. The average molecular weight is 194 g/mol. The molecule has 0 unspecified atom stereocenters. The Hall–Kier alpha value is -1.28. The largest absolute Gasteiger partial charge is 0.317 e. The quantitative estimate of drug-likeness (QED) is 0.528. The number of nitrogens with two attached hydrogens (primary N) is 1. The summed E-state index contributed by atoms with van der Waals surface area (Å²) in [5.41, 5.74) is 5.08. The molecule has 1 aliphatic rings. The maximum Gasteiger partial charge on any atom is 0.283 e. The maximum atomic E-state index is 11.5. The molecule has 5 nitrogen and oxygen atoms in total. The van der Waals surface area contributed by atoms with Crippen molar-refractivity contribution in [3.05, 3.63) is 0 Å². The molecule has 1 fully saturated rings. The van der Waals surface area contributed by atoms with Gasteiger partial charge >= 0.3 is 0 Å². The molecule has 76 valence electrons. The van der Waals surface area contributed by atoms with E-state index in [-0.39, 0.29) is 12.5 Å². The summed E-state index contributed by atoms with van der Waals surface area (Å²) < 4.78 is 0. The van der Waals surface area contributed by atoms with Gasteiger partial charge in [-0.1, -0.05) is 19.3 Å². The number of carbonyl (C=O) groups excluding carboxylic acids is 1. The number of amides is 1. The second-order valence-corrected chi connectivity index (χ2v) is 3.58. The van der Waals surface area contributed by atoms with Gasteiger partial charge in [0.1, 0.15) is 6.54 Å². The van der Waals surface area contributed by atoms with E-state index in [2.05, 4.69) is 10.2 Å².